The van der Waals surface area contributed by atoms with Crippen molar-refractivity contribution in [2.24, 2.45) is 0 Å². The lowest BCUT2D eigenvalue weighted by molar-refractivity contribution is -0.130. The molecule has 0 aliphatic carbocycles. The summed E-state index contributed by atoms with van der Waals surface area (Å²) in [5, 5.41) is 3.04. The van der Waals surface area contributed by atoms with E-state index in [2.05, 4.69) is 5.32 Å². The number of carbonyl (C=O) groups excluding carboxylic acids is 1. The molecular weight excluding hydrogens is 240 g/mol. The Morgan fingerprint density at radius 3 is 2.74 bits per heavy atom. The molecule has 1 N–H and O–H groups in total. The van der Waals surface area contributed by atoms with Crippen molar-refractivity contribution < 1.29 is 9.53 Å². The fourth-order valence-electron chi connectivity index (χ4n) is 1.70. The molecule has 0 aliphatic rings. The number of benzene rings is 1. The highest BCUT2D eigenvalue weighted by Gasteiger charge is 2.07. The van der Waals surface area contributed by atoms with Crippen molar-refractivity contribution in [2.75, 3.05) is 33.8 Å². The standard InChI is InChI=1S/C15H24N2O2/c1-16-10-6-9-15(18)17(2)11-12-19-13-14-7-4-3-5-8-14/h3-5,7-8,16H,6,9-13H2,1-2H3. The Balaban J connectivity index is 2.09. The second kappa shape index (κ2) is 9.53. The summed E-state index contributed by atoms with van der Waals surface area (Å²) in [7, 11) is 3.72. The number of likely N-dealkylation sites (N-methyl/N-ethyl adjacent to an activating group) is 1. The van der Waals surface area contributed by atoms with Gasteiger partial charge in [-0.2, -0.15) is 0 Å². The molecule has 0 fully saturated rings. The number of amides is 1. The van der Waals surface area contributed by atoms with Crippen LogP contribution in [0.25, 0.3) is 0 Å². The number of ether oxygens (including phenoxy) is 1. The Kier molecular flexibility index (Phi) is 7.86. The highest BCUT2D eigenvalue weighted by atomic mass is 16.5. The van der Waals surface area contributed by atoms with Gasteiger partial charge in [0, 0.05) is 20.0 Å². The molecule has 0 bridgehead atoms. The maximum atomic E-state index is 11.7. The van der Waals surface area contributed by atoms with Crippen molar-refractivity contribution in [3.63, 3.8) is 0 Å². The van der Waals surface area contributed by atoms with Gasteiger partial charge in [0.1, 0.15) is 0 Å². The van der Waals surface area contributed by atoms with Crippen LogP contribution in [0.15, 0.2) is 30.3 Å². The molecule has 1 amide bonds. The van der Waals surface area contributed by atoms with Crippen LogP contribution >= 0.6 is 0 Å². The van der Waals surface area contributed by atoms with E-state index in [9.17, 15) is 4.79 Å². The molecule has 0 heterocycles. The predicted molar refractivity (Wildman–Crippen MR) is 76.9 cm³/mol. The van der Waals surface area contributed by atoms with E-state index in [4.69, 9.17) is 4.74 Å². The van der Waals surface area contributed by atoms with Crippen LogP contribution < -0.4 is 5.32 Å². The van der Waals surface area contributed by atoms with E-state index in [0.717, 1.165) is 18.5 Å². The van der Waals surface area contributed by atoms with Crippen molar-refractivity contribution in [3.8, 4) is 0 Å². The summed E-state index contributed by atoms with van der Waals surface area (Å²) in [6.07, 6.45) is 1.47. The number of nitrogens with zero attached hydrogens (tertiary/aromatic N) is 1. The minimum absolute atomic E-state index is 0.179. The Labute approximate surface area is 115 Å². The SMILES string of the molecule is CNCCCC(=O)N(C)CCOCc1ccccc1. The summed E-state index contributed by atoms with van der Waals surface area (Å²) in [6, 6.07) is 10.0. The maximum Gasteiger partial charge on any atom is 0.222 e. The Morgan fingerprint density at radius 2 is 2.05 bits per heavy atom. The van der Waals surface area contributed by atoms with Crippen molar-refractivity contribution in [1.82, 2.24) is 10.2 Å². The van der Waals surface area contributed by atoms with Crippen molar-refractivity contribution >= 4 is 5.91 Å². The van der Waals surface area contributed by atoms with E-state index in [1.807, 2.05) is 44.4 Å². The largest absolute Gasteiger partial charge is 0.375 e. The molecule has 0 aromatic heterocycles. The molecule has 0 atom stereocenters. The van der Waals surface area contributed by atoms with E-state index in [-0.39, 0.29) is 5.91 Å². The van der Waals surface area contributed by atoms with Gasteiger partial charge in [-0.05, 0) is 25.6 Å². The molecule has 0 saturated heterocycles. The first-order chi connectivity index (χ1) is 9.24. The fraction of sp³-hybridized carbons (Fsp3) is 0.533. The van der Waals surface area contributed by atoms with Crippen molar-refractivity contribution in [1.29, 1.82) is 0 Å². The van der Waals surface area contributed by atoms with Crippen LogP contribution in [0, 0.1) is 0 Å². The Hall–Kier alpha value is -1.39. The van der Waals surface area contributed by atoms with E-state index in [0.29, 0.717) is 26.2 Å². The smallest absolute Gasteiger partial charge is 0.222 e. The summed E-state index contributed by atoms with van der Waals surface area (Å²) in [6.45, 7) is 2.70. The fourth-order valence-corrected chi connectivity index (χ4v) is 1.70. The summed E-state index contributed by atoms with van der Waals surface area (Å²) in [5.41, 5.74) is 1.16. The second-order valence-corrected chi connectivity index (χ2v) is 4.56. The number of rotatable bonds is 9. The van der Waals surface area contributed by atoms with Crippen LogP contribution in [0.4, 0.5) is 0 Å². The third-order valence-corrected chi connectivity index (χ3v) is 2.93. The molecular formula is C15H24N2O2. The van der Waals surface area contributed by atoms with Gasteiger partial charge in [0.2, 0.25) is 5.91 Å². The first kappa shape index (κ1) is 15.7. The van der Waals surface area contributed by atoms with Gasteiger partial charge in [-0.15, -0.1) is 0 Å². The average molecular weight is 264 g/mol. The zero-order valence-corrected chi connectivity index (χ0v) is 11.9. The van der Waals surface area contributed by atoms with Gasteiger partial charge in [0.25, 0.3) is 0 Å². The van der Waals surface area contributed by atoms with Gasteiger partial charge >= 0.3 is 0 Å². The quantitative estimate of drug-likeness (QED) is 0.690. The normalized spacial score (nSPS) is 10.4. The molecule has 4 heteroatoms. The van der Waals surface area contributed by atoms with Gasteiger partial charge in [-0.1, -0.05) is 30.3 Å². The number of nitrogens with one attached hydrogen (secondary N) is 1. The summed E-state index contributed by atoms with van der Waals surface area (Å²) >= 11 is 0. The van der Waals surface area contributed by atoms with Gasteiger partial charge < -0.3 is 15.0 Å². The topological polar surface area (TPSA) is 41.6 Å². The van der Waals surface area contributed by atoms with E-state index >= 15 is 0 Å². The minimum Gasteiger partial charge on any atom is -0.375 e. The van der Waals surface area contributed by atoms with Crippen LogP contribution in [0.2, 0.25) is 0 Å². The first-order valence-corrected chi connectivity index (χ1v) is 6.74. The third kappa shape index (κ3) is 6.94. The van der Waals surface area contributed by atoms with E-state index in [1.54, 1.807) is 4.90 Å². The third-order valence-electron chi connectivity index (χ3n) is 2.93. The van der Waals surface area contributed by atoms with Crippen LogP contribution in [0.3, 0.4) is 0 Å². The minimum atomic E-state index is 0.179. The Bertz CT molecular complexity index is 354. The molecule has 106 valence electrons. The number of hydrogen-bond donors (Lipinski definition) is 1. The molecule has 1 aromatic rings. The van der Waals surface area contributed by atoms with Crippen molar-refractivity contribution in [2.45, 2.75) is 19.4 Å². The zero-order chi connectivity index (χ0) is 13.9. The van der Waals surface area contributed by atoms with Crippen LogP contribution in [-0.2, 0) is 16.1 Å². The van der Waals surface area contributed by atoms with Crippen LogP contribution in [0.1, 0.15) is 18.4 Å². The maximum absolute atomic E-state index is 11.7. The van der Waals surface area contributed by atoms with Crippen LogP contribution in [-0.4, -0.2) is 44.6 Å². The van der Waals surface area contributed by atoms with Crippen molar-refractivity contribution in [3.05, 3.63) is 35.9 Å². The average Bonchev–Trinajstić information content (AvgIpc) is 2.44. The molecule has 4 nitrogen and oxygen atoms in total. The molecule has 0 aliphatic heterocycles. The summed E-state index contributed by atoms with van der Waals surface area (Å²) in [5.74, 6) is 0.179. The number of hydrogen-bond acceptors (Lipinski definition) is 3. The highest BCUT2D eigenvalue weighted by molar-refractivity contribution is 5.75. The molecule has 0 radical (unpaired) electrons. The highest BCUT2D eigenvalue weighted by Crippen LogP contribution is 2.01. The molecule has 1 aromatic carbocycles. The molecule has 0 unspecified atom stereocenters. The van der Waals surface area contributed by atoms with Gasteiger partial charge in [0.15, 0.2) is 0 Å². The Morgan fingerprint density at radius 1 is 1.32 bits per heavy atom. The molecule has 0 spiro atoms. The summed E-state index contributed by atoms with van der Waals surface area (Å²) in [4.78, 5) is 13.5. The molecule has 0 saturated carbocycles. The van der Waals surface area contributed by atoms with Crippen LogP contribution in [0.5, 0.6) is 0 Å². The first-order valence-electron chi connectivity index (χ1n) is 6.74. The second-order valence-electron chi connectivity index (χ2n) is 4.56. The number of carbonyl (C=O) groups is 1. The molecule has 1 rings (SSSR count). The molecule has 19 heavy (non-hydrogen) atoms. The van der Waals surface area contributed by atoms with E-state index < -0.39 is 0 Å². The lowest BCUT2D eigenvalue weighted by atomic mass is 10.2. The predicted octanol–water partition coefficient (Wildman–Crippen LogP) is 1.66. The monoisotopic (exact) mass is 264 g/mol. The van der Waals surface area contributed by atoms with Gasteiger partial charge in [-0.25, -0.2) is 0 Å². The summed E-state index contributed by atoms with van der Waals surface area (Å²) < 4.78 is 5.56. The lowest BCUT2D eigenvalue weighted by Crippen LogP contribution is -2.30. The zero-order valence-electron chi connectivity index (χ0n) is 11.9. The van der Waals surface area contributed by atoms with E-state index in [1.165, 1.54) is 0 Å². The van der Waals surface area contributed by atoms with Gasteiger partial charge in [-0.3, -0.25) is 4.79 Å². The van der Waals surface area contributed by atoms with Gasteiger partial charge in [0.05, 0.1) is 13.2 Å². The lowest BCUT2D eigenvalue weighted by Gasteiger charge is -2.17.